The van der Waals surface area contributed by atoms with Crippen molar-refractivity contribution in [2.45, 2.75) is 13.1 Å². The normalized spacial score (nSPS) is 10.9. The third kappa shape index (κ3) is 5.02. The second-order valence-corrected chi connectivity index (χ2v) is 8.10. The number of benzene rings is 2. The second kappa shape index (κ2) is 9.98. The van der Waals surface area contributed by atoms with Gasteiger partial charge in [0.15, 0.2) is 11.5 Å². The van der Waals surface area contributed by atoms with Gasteiger partial charge in [0, 0.05) is 36.4 Å². The maximum Gasteiger partial charge on any atom is 0.332 e. The largest absolute Gasteiger partial charge is 0.497 e. The van der Waals surface area contributed by atoms with Gasteiger partial charge < -0.3 is 14.8 Å². The highest BCUT2D eigenvalue weighted by Crippen LogP contribution is 2.22. The summed E-state index contributed by atoms with van der Waals surface area (Å²) < 4.78 is 12.5. The third-order valence-electron chi connectivity index (χ3n) is 5.38. The Bertz CT molecular complexity index is 1510. The summed E-state index contributed by atoms with van der Waals surface area (Å²) in [7, 11) is 4.54. The molecule has 2 aromatic heterocycles. The molecular formula is C24H22ClN5O5. The van der Waals surface area contributed by atoms with Gasteiger partial charge in [-0.15, -0.1) is 0 Å². The number of rotatable bonds is 7. The van der Waals surface area contributed by atoms with Crippen LogP contribution in [0.5, 0.6) is 11.5 Å². The lowest BCUT2D eigenvalue weighted by molar-refractivity contribution is -0.121. The Labute approximate surface area is 204 Å². The van der Waals surface area contributed by atoms with Gasteiger partial charge >= 0.3 is 5.69 Å². The van der Waals surface area contributed by atoms with Crippen molar-refractivity contribution in [2.24, 2.45) is 7.05 Å². The lowest BCUT2D eigenvalue weighted by Gasteiger charge is -2.12. The van der Waals surface area contributed by atoms with Crippen molar-refractivity contribution in [1.82, 2.24) is 24.4 Å². The van der Waals surface area contributed by atoms with Crippen LogP contribution < -0.4 is 26.0 Å². The maximum absolute atomic E-state index is 13.0. The van der Waals surface area contributed by atoms with Gasteiger partial charge in [0.2, 0.25) is 5.91 Å². The number of hydrogen-bond donors (Lipinski definition) is 1. The SMILES string of the molecule is COc1cc(CNC(=O)Cn2c(=O)c3cnc(-c4ccc(Cl)cc4)nc3n(C)c2=O)cc(OC)c1. The Morgan fingerprint density at radius 2 is 1.71 bits per heavy atom. The molecule has 1 amide bonds. The van der Waals surface area contributed by atoms with Crippen LogP contribution in [0.1, 0.15) is 5.56 Å². The number of carbonyl (C=O) groups is 1. The second-order valence-electron chi connectivity index (χ2n) is 7.67. The minimum atomic E-state index is -0.665. The van der Waals surface area contributed by atoms with Crippen LogP contribution in [0.3, 0.4) is 0 Å². The minimum absolute atomic E-state index is 0.121. The fourth-order valence-corrected chi connectivity index (χ4v) is 3.66. The van der Waals surface area contributed by atoms with E-state index in [1.54, 1.807) is 42.5 Å². The highest BCUT2D eigenvalue weighted by atomic mass is 35.5. The molecule has 4 rings (SSSR count). The molecule has 11 heteroatoms. The van der Waals surface area contributed by atoms with Crippen LogP contribution in [0.25, 0.3) is 22.4 Å². The summed E-state index contributed by atoms with van der Waals surface area (Å²) in [6.07, 6.45) is 1.35. The molecule has 0 bridgehead atoms. The number of ether oxygens (including phenoxy) is 2. The van der Waals surface area contributed by atoms with E-state index in [4.69, 9.17) is 21.1 Å². The highest BCUT2D eigenvalue weighted by molar-refractivity contribution is 6.30. The number of nitrogens with zero attached hydrogens (tertiary/aromatic N) is 4. The molecule has 10 nitrogen and oxygen atoms in total. The third-order valence-corrected chi connectivity index (χ3v) is 5.64. The Hall–Kier alpha value is -4.18. The van der Waals surface area contributed by atoms with E-state index in [9.17, 15) is 14.4 Å². The molecule has 2 heterocycles. The number of amides is 1. The van der Waals surface area contributed by atoms with Crippen molar-refractivity contribution >= 4 is 28.5 Å². The zero-order valence-electron chi connectivity index (χ0n) is 19.2. The van der Waals surface area contributed by atoms with E-state index in [0.29, 0.717) is 27.9 Å². The number of fused-ring (bicyclic) bond motifs is 1. The van der Waals surface area contributed by atoms with Gasteiger partial charge in [-0.05, 0) is 42.0 Å². The fourth-order valence-electron chi connectivity index (χ4n) is 3.53. The Morgan fingerprint density at radius 1 is 1.06 bits per heavy atom. The average Bonchev–Trinajstić information content (AvgIpc) is 2.88. The van der Waals surface area contributed by atoms with Crippen molar-refractivity contribution in [3.63, 3.8) is 0 Å². The first-order valence-corrected chi connectivity index (χ1v) is 10.9. The molecule has 0 aliphatic rings. The molecule has 0 saturated heterocycles. The molecule has 0 atom stereocenters. The van der Waals surface area contributed by atoms with Gasteiger partial charge in [0.1, 0.15) is 23.4 Å². The number of methoxy groups -OCH3 is 2. The van der Waals surface area contributed by atoms with E-state index in [2.05, 4.69) is 15.3 Å². The molecule has 35 heavy (non-hydrogen) atoms. The molecule has 1 N–H and O–H groups in total. The van der Waals surface area contributed by atoms with E-state index >= 15 is 0 Å². The maximum atomic E-state index is 13.0. The number of nitrogens with one attached hydrogen (secondary N) is 1. The summed E-state index contributed by atoms with van der Waals surface area (Å²) in [6, 6.07) is 12.1. The molecule has 0 aliphatic carbocycles. The van der Waals surface area contributed by atoms with Gasteiger partial charge in [0.25, 0.3) is 5.56 Å². The van der Waals surface area contributed by atoms with Gasteiger partial charge in [0.05, 0.1) is 14.2 Å². The summed E-state index contributed by atoms with van der Waals surface area (Å²) in [6.45, 7) is -0.301. The molecule has 180 valence electrons. The number of halogens is 1. The van der Waals surface area contributed by atoms with E-state index < -0.39 is 23.7 Å². The molecule has 0 spiro atoms. The van der Waals surface area contributed by atoms with E-state index in [1.165, 1.54) is 32.0 Å². The van der Waals surface area contributed by atoms with E-state index in [1.807, 2.05) is 0 Å². The van der Waals surface area contributed by atoms with Crippen LogP contribution in [0, 0.1) is 0 Å². The van der Waals surface area contributed by atoms with Crippen molar-refractivity contribution in [3.05, 3.63) is 80.1 Å². The Balaban J connectivity index is 1.59. The quantitative estimate of drug-likeness (QED) is 0.417. The summed E-state index contributed by atoms with van der Waals surface area (Å²) in [5, 5.41) is 3.39. The summed E-state index contributed by atoms with van der Waals surface area (Å²) in [4.78, 5) is 47.2. The first kappa shape index (κ1) is 24.0. The summed E-state index contributed by atoms with van der Waals surface area (Å²) >= 11 is 5.93. The fraction of sp³-hybridized carbons (Fsp3) is 0.208. The smallest absolute Gasteiger partial charge is 0.332 e. The van der Waals surface area contributed by atoms with Crippen molar-refractivity contribution < 1.29 is 14.3 Å². The van der Waals surface area contributed by atoms with Crippen LogP contribution in [-0.2, 0) is 24.9 Å². The number of hydrogen-bond acceptors (Lipinski definition) is 7. The molecule has 0 fully saturated rings. The summed E-state index contributed by atoms with van der Waals surface area (Å²) in [5.74, 6) is 0.981. The van der Waals surface area contributed by atoms with Crippen molar-refractivity contribution in [2.75, 3.05) is 14.2 Å². The minimum Gasteiger partial charge on any atom is -0.497 e. The first-order valence-electron chi connectivity index (χ1n) is 10.5. The monoisotopic (exact) mass is 495 g/mol. The predicted molar refractivity (Wildman–Crippen MR) is 131 cm³/mol. The van der Waals surface area contributed by atoms with Gasteiger partial charge in [-0.2, -0.15) is 0 Å². The van der Waals surface area contributed by atoms with Crippen LogP contribution >= 0.6 is 11.6 Å². The molecular weight excluding hydrogens is 474 g/mol. The molecule has 0 aliphatic heterocycles. The molecule has 4 aromatic rings. The predicted octanol–water partition coefficient (Wildman–Crippen LogP) is 2.14. The van der Waals surface area contributed by atoms with Gasteiger partial charge in [-0.25, -0.2) is 14.8 Å². The van der Waals surface area contributed by atoms with Crippen LogP contribution in [0.4, 0.5) is 0 Å². The lowest BCUT2D eigenvalue weighted by atomic mass is 10.2. The standard InChI is InChI=1S/C24H22ClN5O5/c1-29-22-19(12-27-21(28-22)15-4-6-16(25)7-5-15)23(32)30(24(29)33)13-20(31)26-11-14-8-17(34-2)10-18(9-14)35-3/h4-10,12H,11,13H2,1-3H3,(H,26,31). The van der Waals surface area contributed by atoms with E-state index in [-0.39, 0.29) is 17.6 Å². The van der Waals surface area contributed by atoms with Crippen molar-refractivity contribution in [3.8, 4) is 22.9 Å². The van der Waals surface area contributed by atoms with Crippen LogP contribution in [0.15, 0.2) is 58.3 Å². The lowest BCUT2D eigenvalue weighted by Crippen LogP contribution is -2.43. The van der Waals surface area contributed by atoms with E-state index in [0.717, 1.165) is 10.1 Å². The molecule has 0 unspecified atom stereocenters. The first-order chi connectivity index (χ1) is 16.8. The number of aryl methyl sites for hydroxylation is 1. The number of carbonyl (C=O) groups excluding carboxylic acids is 1. The van der Waals surface area contributed by atoms with Crippen LogP contribution in [0.2, 0.25) is 5.02 Å². The van der Waals surface area contributed by atoms with Gasteiger partial charge in [-0.3, -0.25) is 18.7 Å². The summed E-state index contributed by atoms with van der Waals surface area (Å²) in [5.41, 5.74) is 0.267. The number of aromatic nitrogens is 4. The molecule has 2 aromatic carbocycles. The Kier molecular flexibility index (Phi) is 6.83. The zero-order chi connectivity index (χ0) is 25.1. The molecule has 0 saturated carbocycles. The Morgan fingerprint density at radius 3 is 2.34 bits per heavy atom. The molecule has 0 radical (unpaired) electrons. The van der Waals surface area contributed by atoms with Crippen molar-refractivity contribution in [1.29, 1.82) is 0 Å². The zero-order valence-corrected chi connectivity index (χ0v) is 20.0. The average molecular weight is 496 g/mol. The van der Waals surface area contributed by atoms with Crippen LogP contribution in [-0.4, -0.2) is 39.2 Å². The van der Waals surface area contributed by atoms with Gasteiger partial charge in [-0.1, -0.05) is 11.6 Å². The highest BCUT2D eigenvalue weighted by Gasteiger charge is 2.16. The topological polar surface area (TPSA) is 117 Å².